The molecule has 2 N–H and O–H groups in total. The molecule has 0 spiro atoms. The molecule has 2 unspecified atom stereocenters. The molecule has 0 aliphatic carbocycles. The van der Waals surface area contributed by atoms with Gasteiger partial charge in [0.1, 0.15) is 0 Å². The summed E-state index contributed by atoms with van der Waals surface area (Å²) in [6.45, 7) is 8.13. The fourth-order valence-electron chi connectivity index (χ4n) is 4.01. The number of nitrogens with zero attached hydrogens (tertiary/aromatic N) is 4. The Kier molecular flexibility index (Phi) is 6.24. The van der Waals surface area contributed by atoms with E-state index in [1.807, 2.05) is 64.1 Å². The molecule has 0 aliphatic rings. The Morgan fingerprint density at radius 2 is 1.67 bits per heavy atom. The lowest BCUT2D eigenvalue weighted by Gasteiger charge is -2.28. The summed E-state index contributed by atoms with van der Waals surface area (Å²) >= 11 is 0. The minimum atomic E-state index is -0.874. The lowest BCUT2D eigenvalue weighted by Crippen LogP contribution is -2.34. The van der Waals surface area contributed by atoms with Crippen LogP contribution in [0.25, 0.3) is 10.8 Å². The van der Waals surface area contributed by atoms with Gasteiger partial charge in [0.05, 0.1) is 18.0 Å². The topological polar surface area (TPSA) is 92.9 Å². The van der Waals surface area contributed by atoms with Crippen molar-refractivity contribution in [3.05, 3.63) is 89.2 Å². The van der Waals surface area contributed by atoms with E-state index in [4.69, 9.17) is 0 Å². The van der Waals surface area contributed by atoms with Crippen LogP contribution in [0, 0.1) is 6.92 Å². The summed E-state index contributed by atoms with van der Waals surface area (Å²) in [5.41, 5.74) is 2.65. The van der Waals surface area contributed by atoms with E-state index >= 15 is 0 Å². The standard InChI is InChI=1S/C26H29N5O2/c1-17-9-11-19(12-10-17)22(16-23(32)33)27-24(25-28-29-30-31(25)26(2,3)4)21-14-13-18-7-5-6-8-20(18)15-21/h5-15,22,24,27H,16H2,1-4H3,(H,32,33). The van der Waals surface area contributed by atoms with Crippen molar-refractivity contribution in [2.45, 2.75) is 51.7 Å². The number of carboxylic acid groups (broad SMARTS) is 1. The van der Waals surface area contributed by atoms with Gasteiger partial charge in [-0.2, -0.15) is 0 Å². The van der Waals surface area contributed by atoms with E-state index in [0.717, 1.165) is 27.5 Å². The number of carbonyl (C=O) groups is 1. The number of hydrogen-bond donors (Lipinski definition) is 2. The lowest BCUT2D eigenvalue weighted by molar-refractivity contribution is -0.137. The van der Waals surface area contributed by atoms with Crippen molar-refractivity contribution in [1.29, 1.82) is 0 Å². The zero-order valence-corrected chi connectivity index (χ0v) is 19.4. The molecule has 7 heteroatoms. The van der Waals surface area contributed by atoms with Gasteiger partial charge in [-0.1, -0.05) is 66.2 Å². The smallest absolute Gasteiger partial charge is 0.305 e. The van der Waals surface area contributed by atoms with Gasteiger partial charge < -0.3 is 5.11 Å². The molecule has 2 atom stereocenters. The second-order valence-electron chi connectivity index (χ2n) is 9.39. The molecule has 7 nitrogen and oxygen atoms in total. The molecule has 0 saturated heterocycles. The third-order valence-corrected chi connectivity index (χ3v) is 5.72. The number of hydrogen-bond acceptors (Lipinski definition) is 5. The molecule has 0 aliphatic heterocycles. The third-order valence-electron chi connectivity index (χ3n) is 5.72. The summed E-state index contributed by atoms with van der Waals surface area (Å²) in [5.74, 6) is -0.235. The first kappa shape index (κ1) is 22.6. The molecule has 4 aromatic rings. The normalized spacial score (nSPS) is 13.7. The van der Waals surface area contributed by atoms with Gasteiger partial charge in [-0.15, -0.1) is 5.10 Å². The maximum atomic E-state index is 11.8. The monoisotopic (exact) mass is 443 g/mol. The number of tetrazole rings is 1. The predicted octanol–water partition coefficient (Wildman–Crippen LogP) is 4.78. The lowest BCUT2D eigenvalue weighted by atomic mass is 9.96. The van der Waals surface area contributed by atoms with Crippen LogP contribution in [0.15, 0.2) is 66.7 Å². The molecule has 4 rings (SSSR count). The van der Waals surface area contributed by atoms with Gasteiger partial charge in [0.25, 0.3) is 0 Å². The van der Waals surface area contributed by atoms with Crippen molar-refractivity contribution in [1.82, 2.24) is 25.5 Å². The van der Waals surface area contributed by atoms with Crippen molar-refractivity contribution >= 4 is 16.7 Å². The number of fused-ring (bicyclic) bond motifs is 1. The van der Waals surface area contributed by atoms with Crippen molar-refractivity contribution in [3.8, 4) is 0 Å². The second-order valence-corrected chi connectivity index (χ2v) is 9.39. The molecular weight excluding hydrogens is 414 g/mol. The summed E-state index contributed by atoms with van der Waals surface area (Å²) in [7, 11) is 0. The largest absolute Gasteiger partial charge is 0.481 e. The van der Waals surface area contributed by atoms with Crippen LogP contribution in [0.3, 0.4) is 0 Å². The summed E-state index contributed by atoms with van der Waals surface area (Å²) in [6.07, 6.45) is -0.0653. The molecular formula is C26H29N5O2. The van der Waals surface area contributed by atoms with Crippen molar-refractivity contribution in [3.63, 3.8) is 0 Å². The number of aliphatic carboxylic acids is 1. The Morgan fingerprint density at radius 3 is 2.33 bits per heavy atom. The highest BCUT2D eigenvalue weighted by atomic mass is 16.4. The van der Waals surface area contributed by atoms with Crippen LogP contribution in [0.1, 0.15) is 61.8 Å². The van der Waals surface area contributed by atoms with Gasteiger partial charge in [0.2, 0.25) is 0 Å². The van der Waals surface area contributed by atoms with Crippen LogP contribution in [0.5, 0.6) is 0 Å². The van der Waals surface area contributed by atoms with Crippen LogP contribution in [-0.4, -0.2) is 31.3 Å². The quantitative estimate of drug-likeness (QED) is 0.427. The zero-order valence-electron chi connectivity index (χ0n) is 19.4. The first-order chi connectivity index (χ1) is 15.7. The SMILES string of the molecule is Cc1ccc(C(CC(=O)O)NC(c2ccc3ccccc3c2)c2nnnn2C(C)(C)C)cc1. The fourth-order valence-corrected chi connectivity index (χ4v) is 4.01. The van der Waals surface area contributed by atoms with Gasteiger partial charge in [0, 0.05) is 6.04 Å². The number of carboxylic acids is 1. The molecule has 1 aromatic heterocycles. The van der Waals surface area contributed by atoms with E-state index in [1.54, 1.807) is 4.68 Å². The van der Waals surface area contributed by atoms with Gasteiger partial charge in [-0.25, -0.2) is 4.68 Å². The Bertz CT molecular complexity index is 1260. The molecule has 3 aromatic carbocycles. The maximum absolute atomic E-state index is 11.8. The maximum Gasteiger partial charge on any atom is 0.305 e. The average Bonchev–Trinajstić information content (AvgIpc) is 3.27. The third kappa shape index (κ3) is 5.09. The number of rotatable bonds is 7. The van der Waals surface area contributed by atoms with Crippen molar-refractivity contribution in [2.75, 3.05) is 0 Å². The summed E-state index contributed by atoms with van der Waals surface area (Å²) < 4.78 is 1.80. The Hall–Kier alpha value is -3.58. The van der Waals surface area contributed by atoms with Gasteiger partial charge in [0.15, 0.2) is 5.82 Å². The Labute approximate surface area is 193 Å². The van der Waals surface area contributed by atoms with E-state index < -0.39 is 18.1 Å². The number of benzene rings is 3. The minimum absolute atomic E-state index is 0.0653. The van der Waals surface area contributed by atoms with Crippen molar-refractivity contribution < 1.29 is 9.90 Å². The van der Waals surface area contributed by atoms with E-state index in [9.17, 15) is 9.90 Å². The number of aryl methyl sites for hydroxylation is 1. The predicted molar refractivity (Wildman–Crippen MR) is 128 cm³/mol. The van der Waals surface area contributed by atoms with Crippen LogP contribution in [-0.2, 0) is 10.3 Å². The zero-order chi connectivity index (χ0) is 23.6. The summed E-state index contributed by atoms with van der Waals surface area (Å²) in [6, 6.07) is 21.5. The molecule has 0 saturated carbocycles. The molecule has 0 fully saturated rings. The van der Waals surface area contributed by atoms with Gasteiger partial charge in [-0.05, 0) is 66.1 Å². The molecule has 170 valence electrons. The number of nitrogens with one attached hydrogen (secondary N) is 1. The summed E-state index contributed by atoms with van der Waals surface area (Å²) in [4.78, 5) is 11.8. The molecule has 33 heavy (non-hydrogen) atoms. The van der Waals surface area contributed by atoms with E-state index in [1.165, 1.54) is 0 Å². The highest BCUT2D eigenvalue weighted by molar-refractivity contribution is 5.83. The van der Waals surface area contributed by atoms with Crippen LogP contribution < -0.4 is 5.32 Å². The molecule has 0 bridgehead atoms. The first-order valence-corrected chi connectivity index (χ1v) is 11.0. The van der Waals surface area contributed by atoms with Crippen LogP contribution in [0.2, 0.25) is 0 Å². The van der Waals surface area contributed by atoms with E-state index in [0.29, 0.717) is 5.82 Å². The fraction of sp³-hybridized carbons (Fsp3) is 0.308. The Morgan fingerprint density at radius 1 is 1.00 bits per heavy atom. The highest BCUT2D eigenvalue weighted by Crippen LogP contribution is 2.30. The highest BCUT2D eigenvalue weighted by Gasteiger charge is 2.30. The van der Waals surface area contributed by atoms with Gasteiger partial charge >= 0.3 is 5.97 Å². The van der Waals surface area contributed by atoms with Crippen molar-refractivity contribution in [2.24, 2.45) is 0 Å². The molecule has 1 heterocycles. The summed E-state index contributed by atoms with van der Waals surface area (Å²) in [5, 5.41) is 28.0. The Balaban J connectivity index is 1.83. The molecule has 0 radical (unpaired) electrons. The average molecular weight is 444 g/mol. The first-order valence-electron chi connectivity index (χ1n) is 11.0. The second kappa shape index (κ2) is 9.11. The van der Waals surface area contributed by atoms with Gasteiger partial charge in [-0.3, -0.25) is 10.1 Å². The van der Waals surface area contributed by atoms with Crippen LogP contribution >= 0.6 is 0 Å². The molecule has 0 amide bonds. The number of aromatic nitrogens is 4. The minimum Gasteiger partial charge on any atom is -0.481 e. The van der Waals surface area contributed by atoms with Crippen LogP contribution in [0.4, 0.5) is 0 Å². The van der Waals surface area contributed by atoms with E-state index in [-0.39, 0.29) is 12.0 Å². The van der Waals surface area contributed by atoms with E-state index in [2.05, 4.69) is 51.2 Å².